The summed E-state index contributed by atoms with van der Waals surface area (Å²) in [5, 5.41) is 17.2. The Morgan fingerprint density at radius 2 is 1.83 bits per heavy atom. The molecule has 7 nitrogen and oxygen atoms in total. The van der Waals surface area contributed by atoms with Crippen molar-refractivity contribution in [2.24, 2.45) is 0 Å². The maximum absolute atomic E-state index is 12.3. The molecule has 1 N–H and O–H groups in total. The lowest BCUT2D eigenvalue weighted by Gasteiger charge is -2.08. The molecule has 29 heavy (non-hydrogen) atoms. The van der Waals surface area contributed by atoms with E-state index in [0.717, 1.165) is 10.6 Å². The van der Waals surface area contributed by atoms with Crippen molar-refractivity contribution in [1.82, 2.24) is 20.2 Å². The Morgan fingerprint density at radius 1 is 1.03 bits per heavy atom. The van der Waals surface area contributed by atoms with E-state index in [0.29, 0.717) is 23.1 Å². The number of hydrogen-bond acceptors (Lipinski definition) is 7. The summed E-state index contributed by atoms with van der Waals surface area (Å²) in [6.45, 7) is 0.595. The number of aromatic nitrogens is 4. The number of anilines is 1. The van der Waals surface area contributed by atoms with Gasteiger partial charge in [0.05, 0.1) is 12.3 Å². The molecule has 0 bridgehead atoms. The van der Waals surface area contributed by atoms with Gasteiger partial charge in [0.1, 0.15) is 11.5 Å². The van der Waals surface area contributed by atoms with E-state index in [2.05, 4.69) is 20.8 Å². The van der Waals surface area contributed by atoms with Crippen molar-refractivity contribution in [2.75, 3.05) is 11.1 Å². The number of rotatable bonds is 8. The van der Waals surface area contributed by atoms with Crippen LogP contribution in [0.1, 0.15) is 4.88 Å². The number of thiophene rings is 1. The predicted octanol–water partition coefficient (Wildman–Crippen LogP) is 4.31. The third kappa shape index (κ3) is 5.43. The largest absolute Gasteiger partial charge is 0.457 e. The fourth-order valence-corrected chi connectivity index (χ4v) is 3.87. The highest BCUT2D eigenvalue weighted by Gasteiger charge is 2.11. The number of ether oxygens (including phenoxy) is 1. The van der Waals surface area contributed by atoms with Crippen LogP contribution in [0.5, 0.6) is 11.5 Å². The molecule has 0 spiro atoms. The second kappa shape index (κ2) is 9.35. The van der Waals surface area contributed by atoms with Crippen molar-refractivity contribution in [3.63, 3.8) is 0 Å². The van der Waals surface area contributed by atoms with Gasteiger partial charge in [-0.2, -0.15) is 0 Å². The maximum atomic E-state index is 12.3. The van der Waals surface area contributed by atoms with Gasteiger partial charge in [0, 0.05) is 10.6 Å². The number of nitrogens with zero attached hydrogens (tertiary/aromatic N) is 4. The van der Waals surface area contributed by atoms with Crippen molar-refractivity contribution in [1.29, 1.82) is 0 Å². The number of carbonyl (C=O) groups excluding carboxylic acids is 1. The van der Waals surface area contributed by atoms with Crippen LogP contribution in [0.4, 0.5) is 5.69 Å². The van der Waals surface area contributed by atoms with Crippen LogP contribution in [0, 0.1) is 0 Å². The molecule has 0 fully saturated rings. The Morgan fingerprint density at radius 3 is 2.59 bits per heavy atom. The van der Waals surface area contributed by atoms with Crippen molar-refractivity contribution >= 4 is 34.7 Å². The standard InChI is InChI=1S/C20H17N5O2S2/c26-19(14-29-20-22-23-24-25(20)13-18-7-4-12-28-18)21-15-8-10-17(11-9-15)27-16-5-2-1-3-6-16/h1-12H,13-14H2,(H,21,26). The zero-order chi connectivity index (χ0) is 19.9. The first-order valence-electron chi connectivity index (χ1n) is 8.80. The SMILES string of the molecule is O=C(CSc1nnnn1Cc1cccs1)Nc1ccc(Oc2ccccc2)cc1. The van der Waals surface area contributed by atoms with E-state index in [1.54, 1.807) is 16.0 Å². The second-order valence-electron chi connectivity index (χ2n) is 5.97. The van der Waals surface area contributed by atoms with Crippen molar-refractivity contribution < 1.29 is 9.53 Å². The third-order valence-corrected chi connectivity index (χ3v) is 5.65. The summed E-state index contributed by atoms with van der Waals surface area (Å²) in [6, 6.07) is 20.8. The molecule has 2 aromatic heterocycles. The highest BCUT2D eigenvalue weighted by Crippen LogP contribution is 2.23. The number of nitrogens with one attached hydrogen (secondary N) is 1. The normalized spacial score (nSPS) is 10.6. The van der Waals surface area contributed by atoms with Crippen LogP contribution >= 0.6 is 23.1 Å². The number of thioether (sulfide) groups is 1. The van der Waals surface area contributed by atoms with Gasteiger partial charge in [-0.15, -0.1) is 16.4 Å². The van der Waals surface area contributed by atoms with E-state index in [9.17, 15) is 4.79 Å². The molecule has 0 saturated carbocycles. The average Bonchev–Trinajstić information content (AvgIpc) is 3.41. The molecule has 2 heterocycles. The Hall–Kier alpha value is -3.17. The first kappa shape index (κ1) is 19.2. The number of carbonyl (C=O) groups is 1. The van der Waals surface area contributed by atoms with Crippen molar-refractivity contribution in [2.45, 2.75) is 11.7 Å². The minimum Gasteiger partial charge on any atom is -0.457 e. The van der Waals surface area contributed by atoms with Gasteiger partial charge >= 0.3 is 0 Å². The number of tetrazole rings is 1. The van der Waals surface area contributed by atoms with Crippen LogP contribution in [0.3, 0.4) is 0 Å². The average molecular weight is 424 g/mol. The number of amides is 1. The summed E-state index contributed by atoms with van der Waals surface area (Å²) >= 11 is 2.94. The topological polar surface area (TPSA) is 81.9 Å². The lowest BCUT2D eigenvalue weighted by atomic mass is 10.3. The number of hydrogen-bond donors (Lipinski definition) is 1. The van der Waals surface area contributed by atoms with Gasteiger partial charge in [-0.1, -0.05) is 36.0 Å². The highest BCUT2D eigenvalue weighted by atomic mass is 32.2. The zero-order valence-electron chi connectivity index (χ0n) is 15.3. The van der Waals surface area contributed by atoms with Crippen molar-refractivity contribution in [3.8, 4) is 11.5 Å². The molecule has 1 amide bonds. The predicted molar refractivity (Wildman–Crippen MR) is 114 cm³/mol. The van der Waals surface area contributed by atoms with Crippen LogP contribution in [-0.2, 0) is 11.3 Å². The van der Waals surface area contributed by atoms with Crippen LogP contribution in [-0.4, -0.2) is 31.9 Å². The Kier molecular flexibility index (Phi) is 6.18. The Bertz CT molecular complexity index is 1050. The smallest absolute Gasteiger partial charge is 0.234 e. The van der Waals surface area contributed by atoms with Crippen LogP contribution in [0.15, 0.2) is 77.3 Å². The van der Waals surface area contributed by atoms with Gasteiger partial charge in [-0.3, -0.25) is 4.79 Å². The molecular formula is C20H17N5O2S2. The fourth-order valence-electron chi connectivity index (χ4n) is 2.51. The van der Waals surface area contributed by atoms with E-state index in [-0.39, 0.29) is 11.7 Å². The van der Waals surface area contributed by atoms with Crippen LogP contribution in [0.2, 0.25) is 0 Å². The Labute approximate surface area is 175 Å². The van der Waals surface area contributed by atoms with Gasteiger partial charge < -0.3 is 10.1 Å². The lowest BCUT2D eigenvalue weighted by molar-refractivity contribution is -0.113. The van der Waals surface area contributed by atoms with Crippen LogP contribution in [0.25, 0.3) is 0 Å². The van der Waals surface area contributed by atoms with Crippen LogP contribution < -0.4 is 10.1 Å². The van der Waals surface area contributed by atoms with Crippen molar-refractivity contribution in [3.05, 3.63) is 77.0 Å². The molecule has 0 aliphatic carbocycles. The summed E-state index contributed by atoms with van der Waals surface area (Å²) in [7, 11) is 0. The molecule has 4 rings (SSSR count). The van der Waals surface area contributed by atoms with E-state index < -0.39 is 0 Å². The van der Waals surface area contributed by atoms with E-state index in [1.165, 1.54) is 11.8 Å². The molecule has 2 aromatic carbocycles. The summed E-state index contributed by atoms with van der Waals surface area (Å²) in [5.41, 5.74) is 0.703. The molecule has 0 saturated heterocycles. The molecule has 0 unspecified atom stereocenters. The molecule has 146 valence electrons. The maximum Gasteiger partial charge on any atom is 0.234 e. The van der Waals surface area contributed by atoms with Gasteiger partial charge in [-0.25, -0.2) is 4.68 Å². The summed E-state index contributed by atoms with van der Waals surface area (Å²) in [6.07, 6.45) is 0. The molecular weight excluding hydrogens is 406 g/mol. The molecule has 9 heteroatoms. The zero-order valence-corrected chi connectivity index (χ0v) is 16.9. The molecule has 4 aromatic rings. The summed E-state index contributed by atoms with van der Waals surface area (Å²) in [5.74, 6) is 1.56. The third-order valence-electron chi connectivity index (χ3n) is 3.83. The number of benzene rings is 2. The minimum absolute atomic E-state index is 0.127. The van der Waals surface area contributed by atoms with Gasteiger partial charge in [0.2, 0.25) is 11.1 Å². The first-order valence-corrected chi connectivity index (χ1v) is 10.7. The van der Waals surface area contributed by atoms with E-state index >= 15 is 0 Å². The van der Waals surface area contributed by atoms with E-state index in [4.69, 9.17) is 4.74 Å². The van der Waals surface area contributed by atoms with E-state index in [1.807, 2.05) is 72.1 Å². The summed E-state index contributed by atoms with van der Waals surface area (Å²) in [4.78, 5) is 13.4. The molecule has 0 atom stereocenters. The minimum atomic E-state index is -0.127. The second-order valence-corrected chi connectivity index (χ2v) is 7.95. The molecule has 0 aliphatic rings. The summed E-state index contributed by atoms with van der Waals surface area (Å²) < 4.78 is 7.44. The first-order chi connectivity index (χ1) is 14.3. The van der Waals surface area contributed by atoms with Gasteiger partial charge in [-0.05, 0) is 58.3 Å². The quantitative estimate of drug-likeness (QED) is 0.426. The molecule has 0 aliphatic heterocycles. The molecule has 0 radical (unpaired) electrons. The highest BCUT2D eigenvalue weighted by molar-refractivity contribution is 7.99. The number of para-hydroxylation sites is 1. The van der Waals surface area contributed by atoms with Gasteiger partial charge in [0.15, 0.2) is 0 Å². The Balaban J connectivity index is 1.28. The lowest BCUT2D eigenvalue weighted by Crippen LogP contribution is -2.14. The monoisotopic (exact) mass is 423 g/mol. The van der Waals surface area contributed by atoms with Gasteiger partial charge in [0.25, 0.3) is 0 Å². The fraction of sp³-hybridized carbons (Fsp3) is 0.100.